The van der Waals surface area contributed by atoms with Gasteiger partial charge in [0.2, 0.25) is 0 Å². The van der Waals surface area contributed by atoms with Crippen LogP contribution in [0.2, 0.25) is 0 Å². The summed E-state index contributed by atoms with van der Waals surface area (Å²) in [5.74, 6) is 0. The molecular formula is C23H49Br2N. The highest BCUT2D eigenvalue weighted by molar-refractivity contribution is 8.93. The van der Waals surface area contributed by atoms with E-state index in [0.717, 1.165) is 6.42 Å². The van der Waals surface area contributed by atoms with E-state index < -0.39 is 0 Å². The van der Waals surface area contributed by atoms with E-state index in [-0.39, 0.29) is 50.3 Å². The van der Waals surface area contributed by atoms with E-state index in [1.165, 1.54) is 70.6 Å². The first-order valence-electron chi connectivity index (χ1n) is 10.5. The predicted octanol–water partition coefficient (Wildman–Crippen LogP) is 8.80. The molecule has 1 atom stereocenters. The molecule has 26 heavy (non-hydrogen) atoms. The fourth-order valence-electron chi connectivity index (χ4n) is 3.77. The van der Waals surface area contributed by atoms with Crippen molar-refractivity contribution >= 4 is 34.0 Å². The molecule has 0 aliphatic heterocycles. The summed E-state index contributed by atoms with van der Waals surface area (Å²) in [6, 6.07) is 0. The minimum atomic E-state index is -0.177. The number of unbranched alkanes of at least 4 members (excludes halogenated alkanes) is 9. The zero-order chi connectivity index (χ0) is 18.7. The van der Waals surface area contributed by atoms with E-state index in [4.69, 9.17) is 5.73 Å². The Labute approximate surface area is 186 Å². The predicted molar refractivity (Wildman–Crippen MR) is 132 cm³/mol. The summed E-state index contributed by atoms with van der Waals surface area (Å²) in [5.41, 5.74) is 6.66. The molecule has 0 saturated carbocycles. The van der Waals surface area contributed by atoms with Crippen molar-refractivity contribution in [1.29, 1.82) is 0 Å². The van der Waals surface area contributed by atoms with Gasteiger partial charge in [-0.25, -0.2) is 0 Å². The van der Waals surface area contributed by atoms with Gasteiger partial charge in [-0.05, 0) is 37.5 Å². The molecule has 0 aromatic rings. The van der Waals surface area contributed by atoms with Gasteiger partial charge in [0.15, 0.2) is 0 Å². The summed E-state index contributed by atoms with van der Waals surface area (Å²) in [4.78, 5) is 0. The summed E-state index contributed by atoms with van der Waals surface area (Å²) < 4.78 is 0. The van der Waals surface area contributed by atoms with Gasteiger partial charge in [0, 0.05) is 5.54 Å². The summed E-state index contributed by atoms with van der Waals surface area (Å²) in [6.45, 7) is 17.7. The lowest BCUT2D eigenvalue weighted by Gasteiger charge is -2.52. The van der Waals surface area contributed by atoms with Gasteiger partial charge in [0.1, 0.15) is 0 Å². The third kappa shape index (κ3) is 10.9. The second-order valence-electron chi connectivity index (χ2n) is 9.33. The maximum atomic E-state index is 6.52. The van der Waals surface area contributed by atoms with Gasteiger partial charge < -0.3 is 5.73 Å². The van der Waals surface area contributed by atoms with Gasteiger partial charge in [-0.15, -0.1) is 40.5 Å². The van der Waals surface area contributed by atoms with Crippen molar-refractivity contribution in [3.63, 3.8) is 0 Å². The molecule has 0 saturated heterocycles. The summed E-state index contributed by atoms with van der Waals surface area (Å²) in [7, 11) is 0. The summed E-state index contributed by atoms with van der Waals surface area (Å²) in [6.07, 6.45) is 18.4. The van der Waals surface area contributed by atoms with Crippen LogP contribution in [0, 0.1) is 10.8 Å². The van der Waals surface area contributed by atoms with Gasteiger partial charge in [-0.3, -0.25) is 0 Å². The number of hydrogen-bond acceptors (Lipinski definition) is 1. The van der Waals surface area contributed by atoms with Crippen molar-refractivity contribution in [3.8, 4) is 0 Å². The minimum absolute atomic E-state index is 0. The zero-order valence-electron chi connectivity index (χ0n) is 18.7. The molecule has 0 aromatic heterocycles. The number of rotatable bonds is 15. The molecule has 3 heteroatoms. The normalized spacial score (nSPS) is 14.1. The molecule has 0 fully saturated rings. The monoisotopic (exact) mass is 497 g/mol. The number of hydrogen-bond donors (Lipinski definition) is 1. The highest BCUT2D eigenvalue weighted by atomic mass is 79.9. The van der Waals surface area contributed by atoms with Gasteiger partial charge in [0.05, 0.1) is 0 Å². The van der Waals surface area contributed by atoms with Crippen LogP contribution in [0.3, 0.4) is 0 Å². The fourth-order valence-corrected chi connectivity index (χ4v) is 3.77. The smallest absolute Gasteiger partial charge is 0.0154 e. The fraction of sp³-hybridized carbons (Fsp3) is 0.913. The van der Waals surface area contributed by atoms with Crippen LogP contribution in [0.25, 0.3) is 0 Å². The zero-order valence-corrected chi connectivity index (χ0v) is 22.1. The van der Waals surface area contributed by atoms with Gasteiger partial charge in [0.25, 0.3) is 0 Å². The molecule has 0 aromatic carbocycles. The maximum absolute atomic E-state index is 6.52. The molecule has 0 aliphatic carbocycles. The van der Waals surface area contributed by atoms with E-state index in [2.05, 4.69) is 54.2 Å². The second-order valence-corrected chi connectivity index (χ2v) is 9.33. The van der Waals surface area contributed by atoms with Crippen molar-refractivity contribution in [3.05, 3.63) is 12.7 Å². The molecule has 0 bridgehead atoms. The minimum Gasteiger partial charge on any atom is -0.325 e. The van der Waals surface area contributed by atoms with E-state index >= 15 is 0 Å². The molecule has 160 valence electrons. The molecule has 0 aliphatic rings. The average molecular weight is 499 g/mol. The topological polar surface area (TPSA) is 26.0 Å². The Balaban J connectivity index is -0.00000264. The number of halogens is 2. The molecular weight excluding hydrogens is 450 g/mol. The molecule has 1 nitrogen and oxygen atoms in total. The first-order chi connectivity index (χ1) is 11.1. The first kappa shape index (κ1) is 31.4. The van der Waals surface area contributed by atoms with Crippen LogP contribution in [-0.4, -0.2) is 5.54 Å². The van der Waals surface area contributed by atoms with E-state index in [0.29, 0.717) is 0 Å². The van der Waals surface area contributed by atoms with Crippen LogP contribution < -0.4 is 5.73 Å². The SMILES string of the molecule is Br.Br.C=CCC(C)(CCCCCCCCCCCC)C(C)(C)C(C)(C)N. The van der Waals surface area contributed by atoms with Crippen LogP contribution in [0.15, 0.2) is 12.7 Å². The van der Waals surface area contributed by atoms with E-state index in [1.807, 2.05) is 0 Å². The van der Waals surface area contributed by atoms with Crippen LogP contribution in [0.1, 0.15) is 119 Å². The van der Waals surface area contributed by atoms with Gasteiger partial charge >= 0.3 is 0 Å². The van der Waals surface area contributed by atoms with Crippen LogP contribution in [-0.2, 0) is 0 Å². The van der Waals surface area contributed by atoms with Crippen molar-refractivity contribution < 1.29 is 0 Å². The Morgan fingerprint density at radius 3 is 1.46 bits per heavy atom. The Morgan fingerprint density at radius 2 is 1.12 bits per heavy atom. The van der Waals surface area contributed by atoms with Crippen molar-refractivity contribution in [2.24, 2.45) is 16.6 Å². The average Bonchev–Trinajstić information content (AvgIpc) is 2.48. The highest BCUT2D eigenvalue weighted by Crippen LogP contribution is 2.51. The molecule has 0 spiro atoms. The highest BCUT2D eigenvalue weighted by Gasteiger charge is 2.47. The molecule has 0 heterocycles. The van der Waals surface area contributed by atoms with Gasteiger partial charge in [-0.2, -0.15) is 0 Å². The molecule has 0 rings (SSSR count). The lowest BCUT2D eigenvalue weighted by Crippen LogP contribution is -2.55. The summed E-state index contributed by atoms with van der Waals surface area (Å²) >= 11 is 0. The maximum Gasteiger partial charge on any atom is 0.0154 e. The third-order valence-corrected chi connectivity index (χ3v) is 6.80. The quantitative estimate of drug-likeness (QED) is 0.177. The van der Waals surface area contributed by atoms with Crippen LogP contribution in [0.4, 0.5) is 0 Å². The molecule has 0 amide bonds. The molecule has 1 unspecified atom stereocenters. The van der Waals surface area contributed by atoms with Crippen LogP contribution in [0.5, 0.6) is 0 Å². The largest absolute Gasteiger partial charge is 0.325 e. The third-order valence-electron chi connectivity index (χ3n) is 6.80. The molecule has 0 radical (unpaired) electrons. The van der Waals surface area contributed by atoms with Crippen molar-refractivity contribution in [1.82, 2.24) is 0 Å². The number of allylic oxidation sites excluding steroid dienone is 1. The Kier molecular flexibility index (Phi) is 18.8. The van der Waals surface area contributed by atoms with Gasteiger partial charge in [-0.1, -0.05) is 98.0 Å². The standard InChI is InChI=1S/C23H47N.2BrH/c1-8-10-11-12-13-14-15-16-17-18-20-23(7,19-9-2)21(3,4)22(5,6)24;;/h9H,2,8,10-20,24H2,1,3-7H3;2*1H. The Hall–Kier alpha value is 0.660. The first-order valence-corrected chi connectivity index (χ1v) is 10.5. The van der Waals surface area contributed by atoms with Crippen molar-refractivity contribution in [2.45, 2.75) is 124 Å². The van der Waals surface area contributed by atoms with E-state index in [1.54, 1.807) is 0 Å². The second kappa shape index (κ2) is 15.6. The van der Waals surface area contributed by atoms with E-state index in [9.17, 15) is 0 Å². The number of nitrogens with two attached hydrogens (primary N) is 1. The lowest BCUT2D eigenvalue weighted by atomic mass is 9.55. The summed E-state index contributed by atoms with van der Waals surface area (Å²) in [5, 5.41) is 0. The van der Waals surface area contributed by atoms with Crippen LogP contribution >= 0.6 is 34.0 Å². The Bertz CT molecular complexity index is 334. The van der Waals surface area contributed by atoms with Crippen molar-refractivity contribution in [2.75, 3.05) is 0 Å². The Morgan fingerprint density at radius 1 is 0.731 bits per heavy atom. The lowest BCUT2D eigenvalue weighted by molar-refractivity contribution is 0.0123. The molecule has 2 N–H and O–H groups in total.